The molecular weight excluding hydrogens is 278 g/mol. The molecule has 2 rings (SSSR count). The van der Waals surface area contributed by atoms with E-state index in [1.807, 2.05) is 18.5 Å². The van der Waals surface area contributed by atoms with Crippen LogP contribution in [-0.4, -0.2) is 33.0 Å². The fraction of sp³-hybridized carbons (Fsp3) is 0.615. The van der Waals surface area contributed by atoms with Gasteiger partial charge in [0.2, 0.25) is 11.9 Å². The Kier molecular flexibility index (Phi) is 5.56. The van der Waals surface area contributed by atoms with Crippen LogP contribution < -0.4 is 5.43 Å². The maximum atomic E-state index is 11.6. The van der Waals surface area contributed by atoms with Gasteiger partial charge in [0.25, 0.3) is 0 Å². The lowest BCUT2D eigenvalue weighted by Crippen LogP contribution is -2.45. The molecule has 2 heterocycles. The van der Waals surface area contributed by atoms with E-state index in [1.165, 1.54) is 0 Å². The molecule has 1 aromatic rings. The smallest absolute Gasteiger partial charge is 0.226 e. The highest BCUT2D eigenvalue weighted by Gasteiger charge is 2.23. The molecule has 1 amide bonds. The Morgan fingerprint density at radius 1 is 1.45 bits per heavy atom. The summed E-state index contributed by atoms with van der Waals surface area (Å²) in [6, 6.07) is 0. The van der Waals surface area contributed by atoms with E-state index in [1.54, 1.807) is 11.8 Å². The number of rotatable bonds is 3. The number of carbonyl (C=O) groups excluding carboxylic acids is 1. The highest BCUT2D eigenvalue weighted by molar-refractivity contribution is 6.00. The van der Waals surface area contributed by atoms with Gasteiger partial charge in [-0.15, -0.1) is 12.4 Å². The summed E-state index contributed by atoms with van der Waals surface area (Å²) in [4.78, 5) is 22.2. The lowest BCUT2D eigenvalue weighted by Gasteiger charge is -2.27. The van der Waals surface area contributed by atoms with E-state index >= 15 is 0 Å². The Hall–Kier alpha value is -1.56. The zero-order chi connectivity index (χ0) is 14.0. The molecule has 0 aromatic carbocycles. The van der Waals surface area contributed by atoms with Gasteiger partial charge in [-0.3, -0.25) is 15.1 Å². The van der Waals surface area contributed by atoms with Crippen molar-refractivity contribution in [3.8, 4) is 0 Å². The summed E-state index contributed by atoms with van der Waals surface area (Å²) in [6.45, 7) is 8.78. The van der Waals surface area contributed by atoms with Gasteiger partial charge >= 0.3 is 0 Å². The molecule has 0 aliphatic carbocycles. The van der Waals surface area contributed by atoms with Crippen molar-refractivity contribution < 1.29 is 4.79 Å². The Labute approximate surface area is 125 Å². The third-order valence-corrected chi connectivity index (χ3v) is 3.26. The predicted molar refractivity (Wildman–Crippen MR) is 81.8 cm³/mol. The molecule has 1 aliphatic rings. The molecule has 0 atom stereocenters. The first-order chi connectivity index (χ1) is 9.08. The Balaban J connectivity index is 0.00000200. The van der Waals surface area contributed by atoms with Gasteiger partial charge in [0.1, 0.15) is 5.82 Å². The quantitative estimate of drug-likeness (QED) is 0.926. The molecule has 6 nitrogen and oxygen atoms in total. The molecule has 20 heavy (non-hydrogen) atoms. The second kappa shape index (κ2) is 6.74. The van der Waals surface area contributed by atoms with Gasteiger partial charge in [-0.25, -0.2) is 14.7 Å². The molecule has 1 aliphatic heterocycles. The minimum absolute atomic E-state index is 0. The summed E-state index contributed by atoms with van der Waals surface area (Å²) in [7, 11) is 0. The van der Waals surface area contributed by atoms with E-state index in [0.29, 0.717) is 19.0 Å². The summed E-state index contributed by atoms with van der Waals surface area (Å²) in [5, 5.41) is 0. The van der Waals surface area contributed by atoms with Crippen LogP contribution in [-0.2, 0) is 17.8 Å². The molecule has 0 saturated heterocycles. The van der Waals surface area contributed by atoms with E-state index in [4.69, 9.17) is 0 Å². The number of aryl methyl sites for hydroxylation is 2. The number of carbonyl (C=O) groups is 1. The number of aromatic nitrogens is 2. The molecule has 0 spiro atoms. The lowest BCUT2D eigenvalue weighted by atomic mass is 10.3. The van der Waals surface area contributed by atoms with Crippen LogP contribution >= 0.6 is 12.4 Å². The third-order valence-electron chi connectivity index (χ3n) is 3.26. The molecule has 0 unspecified atom stereocenters. The minimum atomic E-state index is -0.00826. The summed E-state index contributed by atoms with van der Waals surface area (Å²) in [5.41, 5.74) is 5.29. The molecule has 0 fully saturated rings. The van der Waals surface area contributed by atoms with Crippen LogP contribution in [0.1, 0.15) is 44.4 Å². The average molecular weight is 300 g/mol. The Morgan fingerprint density at radius 3 is 2.70 bits per heavy atom. The van der Waals surface area contributed by atoms with E-state index in [0.717, 1.165) is 30.1 Å². The average Bonchev–Trinajstić information content (AvgIpc) is 2.67. The fourth-order valence-corrected chi connectivity index (χ4v) is 2.29. The first-order valence-corrected chi connectivity index (χ1v) is 6.75. The summed E-state index contributed by atoms with van der Waals surface area (Å²) >= 11 is 0. The second-order valence-electron chi connectivity index (χ2n) is 4.66. The maximum Gasteiger partial charge on any atom is 0.226 e. The molecule has 7 heteroatoms. The fourth-order valence-electron chi connectivity index (χ4n) is 2.29. The monoisotopic (exact) mass is 299 g/mol. The standard InChI is InChI=1S/C13H21N5O.ClH/c1-5-7-12-15-9(3)11-8-14-13(16-18(11)12)17(6-2)10(4)19;/h5-8H2,1-4H3,(H,14,16);1H. The van der Waals surface area contributed by atoms with Crippen molar-refractivity contribution in [2.45, 2.75) is 47.1 Å². The van der Waals surface area contributed by atoms with Crippen molar-refractivity contribution >= 4 is 24.3 Å². The number of guanidine groups is 1. The van der Waals surface area contributed by atoms with Crippen LogP contribution in [0, 0.1) is 6.92 Å². The molecular formula is C13H22ClN5O. The Morgan fingerprint density at radius 2 is 2.15 bits per heavy atom. The number of fused-ring (bicyclic) bond motifs is 1. The van der Waals surface area contributed by atoms with Crippen molar-refractivity contribution in [3.05, 3.63) is 17.2 Å². The highest BCUT2D eigenvalue weighted by Crippen LogP contribution is 2.16. The summed E-state index contributed by atoms with van der Waals surface area (Å²) in [6.07, 6.45) is 1.95. The largest absolute Gasteiger partial charge is 0.282 e. The van der Waals surface area contributed by atoms with Gasteiger partial charge in [-0.05, 0) is 20.3 Å². The van der Waals surface area contributed by atoms with Crippen molar-refractivity contribution in [3.63, 3.8) is 0 Å². The van der Waals surface area contributed by atoms with E-state index in [2.05, 4.69) is 22.3 Å². The predicted octanol–water partition coefficient (Wildman–Crippen LogP) is 1.85. The van der Waals surface area contributed by atoms with Gasteiger partial charge in [-0.1, -0.05) is 6.92 Å². The van der Waals surface area contributed by atoms with E-state index in [-0.39, 0.29) is 18.3 Å². The number of imidazole rings is 1. The third kappa shape index (κ3) is 2.95. The van der Waals surface area contributed by atoms with Crippen LogP contribution in [0.25, 0.3) is 0 Å². The van der Waals surface area contributed by atoms with Gasteiger partial charge in [-0.2, -0.15) is 0 Å². The van der Waals surface area contributed by atoms with Crippen LogP contribution in [0.15, 0.2) is 4.99 Å². The number of amides is 1. The number of nitrogens with one attached hydrogen (secondary N) is 1. The van der Waals surface area contributed by atoms with Crippen molar-refractivity contribution in [2.75, 3.05) is 12.0 Å². The molecule has 0 bridgehead atoms. The molecule has 0 radical (unpaired) electrons. The molecule has 112 valence electrons. The minimum Gasteiger partial charge on any atom is -0.282 e. The highest BCUT2D eigenvalue weighted by atomic mass is 35.5. The number of hydrogen-bond acceptors (Lipinski definition) is 4. The van der Waals surface area contributed by atoms with Gasteiger partial charge < -0.3 is 0 Å². The van der Waals surface area contributed by atoms with Crippen LogP contribution in [0.5, 0.6) is 0 Å². The molecule has 1 N–H and O–H groups in total. The lowest BCUT2D eigenvalue weighted by molar-refractivity contribution is -0.125. The van der Waals surface area contributed by atoms with Crippen molar-refractivity contribution in [1.82, 2.24) is 14.6 Å². The molecule has 1 aromatic heterocycles. The second-order valence-corrected chi connectivity index (χ2v) is 4.66. The first kappa shape index (κ1) is 16.5. The number of hydrogen-bond donors (Lipinski definition) is 1. The van der Waals surface area contributed by atoms with Crippen LogP contribution in [0.2, 0.25) is 0 Å². The maximum absolute atomic E-state index is 11.6. The zero-order valence-electron chi connectivity index (χ0n) is 12.4. The van der Waals surface area contributed by atoms with Gasteiger partial charge in [0.05, 0.1) is 17.9 Å². The number of aliphatic imine (C=N–C) groups is 1. The Bertz CT molecular complexity index is 523. The van der Waals surface area contributed by atoms with Gasteiger partial charge in [0.15, 0.2) is 0 Å². The van der Waals surface area contributed by atoms with Crippen molar-refractivity contribution in [2.24, 2.45) is 4.99 Å². The zero-order valence-corrected chi connectivity index (χ0v) is 13.3. The topological polar surface area (TPSA) is 62.5 Å². The van der Waals surface area contributed by atoms with E-state index < -0.39 is 0 Å². The van der Waals surface area contributed by atoms with Crippen molar-refractivity contribution in [1.29, 1.82) is 0 Å². The number of halogens is 1. The summed E-state index contributed by atoms with van der Waals surface area (Å²) in [5.74, 6) is 1.60. The van der Waals surface area contributed by atoms with Crippen LogP contribution in [0.4, 0.5) is 0 Å². The normalized spacial score (nSPS) is 12.9. The number of nitrogens with zero attached hydrogens (tertiary/aromatic N) is 4. The first-order valence-electron chi connectivity index (χ1n) is 6.75. The van der Waals surface area contributed by atoms with E-state index in [9.17, 15) is 4.79 Å². The van der Waals surface area contributed by atoms with Crippen LogP contribution in [0.3, 0.4) is 0 Å². The molecule has 0 saturated carbocycles. The summed E-state index contributed by atoms with van der Waals surface area (Å²) < 4.78 is 1.98. The SMILES string of the molecule is CCCc1nc(C)c2n1NC(N(CC)C(C)=O)=NC2.Cl. The van der Waals surface area contributed by atoms with Gasteiger partial charge in [0, 0.05) is 19.9 Å².